The Morgan fingerprint density at radius 1 is 1.17 bits per heavy atom. The van der Waals surface area contributed by atoms with E-state index in [9.17, 15) is 4.79 Å². The molecule has 0 bridgehead atoms. The van der Waals surface area contributed by atoms with Gasteiger partial charge in [0.1, 0.15) is 5.69 Å². The molecule has 1 heterocycles. The first-order chi connectivity index (χ1) is 8.59. The molecule has 0 spiro atoms. The van der Waals surface area contributed by atoms with Gasteiger partial charge in [-0.15, -0.1) is 0 Å². The lowest BCUT2D eigenvalue weighted by Crippen LogP contribution is -2.27. The molecule has 4 nitrogen and oxygen atoms in total. The number of amides is 1. The van der Waals surface area contributed by atoms with Crippen LogP contribution in [0.5, 0.6) is 0 Å². The van der Waals surface area contributed by atoms with Crippen molar-refractivity contribution >= 4 is 17.3 Å². The van der Waals surface area contributed by atoms with Gasteiger partial charge in [0.15, 0.2) is 0 Å². The van der Waals surface area contributed by atoms with E-state index in [-0.39, 0.29) is 5.91 Å². The summed E-state index contributed by atoms with van der Waals surface area (Å²) in [5, 5.41) is 0. The number of hydrogen-bond acceptors (Lipinski definition) is 3. The lowest BCUT2D eigenvalue weighted by Gasteiger charge is -2.18. The van der Waals surface area contributed by atoms with Crippen LogP contribution in [0, 0.1) is 6.92 Å². The molecule has 4 heteroatoms. The third-order valence-electron chi connectivity index (χ3n) is 2.71. The Morgan fingerprint density at radius 2 is 1.89 bits per heavy atom. The average Bonchev–Trinajstić information content (AvgIpc) is 2.37. The third-order valence-corrected chi connectivity index (χ3v) is 2.71. The molecule has 2 N–H and O–H groups in total. The van der Waals surface area contributed by atoms with Gasteiger partial charge in [0.05, 0.1) is 11.4 Å². The Kier molecular flexibility index (Phi) is 3.28. The zero-order valence-corrected chi connectivity index (χ0v) is 10.4. The minimum absolute atomic E-state index is 0.170. The van der Waals surface area contributed by atoms with Crippen LogP contribution in [0.25, 0.3) is 0 Å². The van der Waals surface area contributed by atoms with E-state index >= 15 is 0 Å². The van der Waals surface area contributed by atoms with Crippen LogP contribution < -0.4 is 10.6 Å². The highest BCUT2D eigenvalue weighted by Crippen LogP contribution is 2.22. The topological polar surface area (TPSA) is 59.2 Å². The second-order valence-electron chi connectivity index (χ2n) is 4.09. The Bertz CT molecular complexity index is 581. The quantitative estimate of drug-likeness (QED) is 0.820. The van der Waals surface area contributed by atoms with Crippen LogP contribution in [0.2, 0.25) is 0 Å². The molecule has 0 radical (unpaired) electrons. The number of aryl methyl sites for hydroxylation is 1. The summed E-state index contributed by atoms with van der Waals surface area (Å²) in [4.78, 5) is 18.0. The number of nitrogens with two attached hydrogens (primary N) is 1. The molecule has 0 aliphatic rings. The minimum Gasteiger partial charge on any atom is -0.397 e. The number of nitrogens with zero attached hydrogens (tertiary/aromatic N) is 2. The van der Waals surface area contributed by atoms with Gasteiger partial charge in [-0.1, -0.05) is 18.2 Å². The summed E-state index contributed by atoms with van der Waals surface area (Å²) < 4.78 is 0. The van der Waals surface area contributed by atoms with Crippen molar-refractivity contribution in [1.82, 2.24) is 4.98 Å². The van der Waals surface area contributed by atoms with E-state index in [4.69, 9.17) is 5.73 Å². The SMILES string of the molecule is Cc1cccc(C(=O)N(C)c2ccccc2N)n1. The van der Waals surface area contributed by atoms with Crippen molar-refractivity contribution in [3.63, 3.8) is 0 Å². The maximum Gasteiger partial charge on any atom is 0.276 e. The van der Waals surface area contributed by atoms with E-state index in [0.717, 1.165) is 5.69 Å². The van der Waals surface area contributed by atoms with Crippen molar-refractivity contribution in [2.75, 3.05) is 17.7 Å². The highest BCUT2D eigenvalue weighted by molar-refractivity contribution is 6.05. The summed E-state index contributed by atoms with van der Waals surface area (Å²) in [6, 6.07) is 12.6. The Labute approximate surface area is 106 Å². The van der Waals surface area contributed by atoms with Crippen LogP contribution in [0.15, 0.2) is 42.5 Å². The maximum atomic E-state index is 12.3. The molecule has 92 valence electrons. The molecule has 2 aromatic rings. The molecule has 0 saturated carbocycles. The normalized spacial score (nSPS) is 10.1. The molecule has 0 aliphatic carbocycles. The number of anilines is 2. The van der Waals surface area contributed by atoms with Gasteiger partial charge in [-0.2, -0.15) is 0 Å². The molecule has 18 heavy (non-hydrogen) atoms. The fourth-order valence-corrected chi connectivity index (χ4v) is 1.74. The number of aromatic nitrogens is 1. The van der Waals surface area contributed by atoms with Gasteiger partial charge < -0.3 is 10.6 Å². The average molecular weight is 241 g/mol. The van der Waals surface area contributed by atoms with Crippen LogP contribution in [0.3, 0.4) is 0 Å². The van der Waals surface area contributed by atoms with Crippen LogP contribution in [0.1, 0.15) is 16.2 Å². The predicted molar refractivity (Wildman–Crippen MR) is 72.6 cm³/mol. The van der Waals surface area contributed by atoms with Crippen molar-refractivity contribution in [1.29, 1.82) is 0 Å². The zero-order valence-electron chi connectivity index (χ0n) is 10.4. The molecular weight excluding hydrogens is 226 g/mol. The minimum atomic E-state index is -0.170. The van der Waals surface area contributed by atoms with E-state index in [0.29, 0.717) is 17.1 Å². The predicted octanol–water partition coefficient (Wildman–Crippen LogP) is 2.25. The Balaban J connectivity index is 2.32. The number of para-hydroxylation sites is 2. The highest BCUT2D eigenvalue weighted by Gasteiger charge is 2.16. The van der Waals surface area contributed by atoms with Gasteiger partial charge in [-0.25, -0.2) is 4.98 Å². The molecule has 2 rings (SSSR count). The van der Waals surface area contributed by atoms with Crippen LogP contribution >= 0.6 is 0 Å². The van der Waals surface area contributed by atoms with E-state index in [2.05, 4.69) is 4.98 Å². The van der Waals surface area contributed by atoms with E-state index in [1.54, 1.807) is 19.2 Å². The molecular formula is C14H15N3O. The molecule has 0 fully saturated rings. The summed E-state index contributed by atoms with van der Waals surface area (Å²) >= 11 is 0. The fourth-order valence-electron chi connectivity index (χ4n) is 1.74. The lowest BCUT2D eigenvalue weighted by atomic mass is 10.2. The molecule has 0 aliphatic heterocycles. The number of nitrogen functional groups attached to an aromatic ring is 1. The lowest BCUT2D eigenvalue weighted by molar-refractivity contribution is 0.0988. The number of hydrogen-bond donors (Lipinski definition) is 1. The first-order valence-corrected chi connectivity index (χ1v) is 5.66. The van der Waals surface area contributed by atoms with Gasteiger partial charge in [-0.05, 0) is 31.2 Å². The molecule has 1 aromatic carbocycles. The van der Waals surface area contributed by atoms with E-state index < -0.39 is 0 Å². The van der Waals surface area contributed by atoms with Crippen molar-refractivity contribution in [3.05, 3.63) is 53.9 Å². The number of carbonyl (C=O) groups is 1. The van der Waals surface area contributed by atoms with E-state index in [1.165, 1.54) is 4.90 Å². The van der Waals surface area contributed by atoms with Crippen LogP contribution in [-0.4, -0.2) is 17.9 Å². The van der Waals surface area contributed by atoms with Gasteiger partial charge in [0, 0.05) is 12.7 Å². The second-order valence-corrected chi connectivity index (χ2v) is 4.09. The molecule has 0 atom stereocenters. The number of rotatable bonds is 2. The number of pyridine rings is 1. The Morgan fingerprint density at radius 3 is 2.56 bits per heavy atom. The van der Waals surface area contributed by atoms with Gasteiger partial charge in [-0.3, -0.25) is 4.79 Å². The summed E-state index contributed by atoms with van der Waals surface area (Å²) in [6.45, 7) is 1.85. The third kappa shape index (κ3) is 2.32. The smallest absolute Gasteiger partial charge is 0.276 e. The van der Waals surface area contributed by atoms with Crippen LogP contribution in [-0.2, 0) is 0 Å². The second kappa shape index (κ2) is 4.87. The van der Waals surface area contributed by atoms with Crippen molar-refractivity contribution in [2.24, 2.45) is 0 Å². The summed E-state index contributed by atoms with van der Waals surface area (Å²) in [5.74, 6) is -0.170. The summed E-state index contributed by atoms with van der Waals surface area (Å²) in [5.41, 5.74) is 8.34. The van der Waals surface area contributed by atoms with Crippen molar-refractivity contribution in [3.8, 4) is 0 Å². The zero-order chi connectivity index (χ0) is 13.1. The van der Waals surface area contributed by atoms with Gasteiger partial charge >= 0.3 is 0 Å². The monoisotopic (exact) mass is 241 g/mol. The standard InChI is InChI=1S/C14H15N3O/c1-10-6-5-8-12(16-10)14(18)17(2)13-9-4-3-7-11(13)15/h3-9H,15H2,1-2H3. The highest BCUT2D eigenvalue weighted by atomic mass is 16.2. The maximum absolute atomic E-state index is 12.3. The molecule has 1 amide bonds. The van der Waals surface area contributed by atoms with E-state index in [1.807, 2.05) is 37.3 Å². The largest absolute Gasteiger partial charge is 0.397 e. The Hall–Kier alpha value is -2.36. The fraction of sp³-hybridized carbons (Fsp3) is 0.143. The first kappa shape index (κ1) is 12.1. The molecule has 1 aromatic heterocycles. The summed E-state index contributed by atoms with van der Waals surface area (Å²) in [6.07, 6.45) is 0. The summed E-state index contributed by atoms with van der Waals surface area (Å²) in [7, 11) is 1.69. The van der Waals surface area contributed by atoms with Gasteiger partial charge in [0.25, 0.3) is 5.91 Å². The van der Waals surface area contributed by atoms with Crippen molar-refractivity contribution in [2.45, 2.75) is 6.92 Å². The van der Waals surface area contributed by atoms with Crippen molar-refractivity contribution < 1.29 is 4.79 Å². The molecule has 0 saturated heterocycles. The van der Waals surface area contributed by atoms with Crippen LogP contribution in [0.4, 0.5) is 11.4 Å². The number of carbonyl (C=O) groups excluding carboxylic acids is 1. The first-order valence-electron chi connectivity index (χ1n) is 5.66. The number of benzene rings is 1. The molecule has 0 unspecified atom stereocenters. The van der Waals surface area contributed by atoms with Gasteiger partial charge in [0.2, 0.25) is 0 Å².